The van der Waals surface area contributed by atoms with Gasteiger partial charge in [0.15, 0.2) is 0 Å². The Morgan fingerprint density at radius 1 is 1.16 bits per heavy atom. The Morgan fingerprint density at radius 3 is 2.56 bits per heavy atom. The highest BCUT2D eigenvalue weighted by Gasteiger charge is 2.68. The minimum atomic E-state index is -0.417. The molecule has 5 aliphatic rings. The highest BCUT2D eigenvalue weighted by atomic mass is 16.5. The summed E-state index contributed by atoms with van der Waals surface area (Å²) < 4.78 is 5.20. The summed E-state index contributed by atoms with van der Waals surface area (Å²) in [4.78, 5) is 25.9. The van der Waals surface area contributed by atoms with Gasteiger partial charge in [-0.1, -0.05) is 13.3 Å². The SMILES string of the molecule is COC(=O)[C@]1(C)CCC[C@@]2(C)[C@@H]3C[C@H]4CC[C@@]3(CC[C@@H]21)C(=O)[C@H]4CO. The number of carbonyl (C=O) groups excluding carboxylic acids is 2. The number of hydrogen-bond acceptors (Lipinski definition) is 4. The van der Waals surface area contributed by atoms with Crippen molar-refractivity contribution in [3.63, 3.8) is 0 Å². The number of Topliss-reactive ketones (excluding diaryl/α,β-unsaturated/α-hetero) is 1. The maximum absolute atomic E-state index is 13.3. The first kappa shape index (κ1) is 17.5. The van der Waals surface area contributed by atoms with Crippen molar-refractivity contribution in [2.75, 3.05) is 13.7 Å². The van der Waals surface area contributed by atoms with Crippen LogP contribution in [-0.4, -0.2) is 30.6 Å². The lowest BCUT2D eigenvalue weighted by Crippen LogP contribution is -2.65. The zero-order valence-electron chi connectivity index (χ0n) is 15.8. The molecular formula is C21H32O4. The lowest BCUT2D eigenvalue weighted by Gasteiger charge is -2.67. The molecule has 0 aromatic rings. The van der Waals surface area contributed by atoms with E-state index in [0.717, 1.165) is 51.4 Å². The van der Waals surface area contributed by atoms with Gasteiger partial charge in [-0.2, -0.15) is 0 Å². The van der Waals surface area contributed by atoms with Gasteiger partial charge in [-0.05, 0) is 75.0 Å². The Kier molecular flexibility index (Phi) is 3.89. The second-order valence-corrected chi connectivity index (χ2v) is 9.76. The van der Waals surface area contributed by atoms with E-state index in [2.05, 4.69) is 13.8 Å². The van der Waals surface area contributed by atoms with Crippen LogP contribution in [0.15, 0.2) is 0 Å². The number of carbonyl (C=O) groups is 2. The number of esters is 1. The summed E-state index contributed by atoms with van der Waals surface area (Å²) in [5, 5.41) is 9.77. The molecule has 7 atom stereocenters. The molecule has 5 saturated carbocycles. The molecule has 0 aliphatic heterocycles. The molecule has 140 valence electrons. The zero-order chi connectivity index (χ0) is 18.0. The summed E-state index contributed by atoms with van der Waals surface area (Å²) in [6.45, 7) is 4.46. The van der Waals surface area contributed by atoms with Crippen molar-refractivity contribution in [2.45, 2.75) is 65.2 Å². The van der Waals surface area contributed by atoms with Crippen LogP contribution < -0.4 is 0 Å². The minimum Gasteiger partial charge on any atom is -0.469 e. The van der Waals surface area contributed by atoms with Crippen molar-refractivity contribution >= 4 is 11.8 Å². The van der Waals surface area contributed by atoms with Gasteiger partial charge < -0.3 is 9.84 Å². The summed E-state index contributed by atoms with van der Waals surface area (Å²) in [6.07, 6.45) is 8.02. The standard InChI is InChI=1S/C21H32O4/c1-19-7-4-8-20(2,18(24)25-3)15(19)6-10-21-9-5-13(11-16(19)21)14(12-22)17(21)23/h13-16,22H,4-12H2,1-3H3/t13-,14+,15+,16+,19-,20-,21+/m1/s1. The second kappa shape index (κ2) is 5.55. The van der Waals surface area contributed by atoms with Crippen LogP contribution in [0.2, 0.25) is 0 Å². The number of ether oxygens (including phenoxy) is 1. The van der Waals surface area contributed by atoms with E-state index in [1.54, 1.807) is 0 Å². The van der Waals surface area contributed by atoms with Crippen LogP contribution >= 0.6 is 0 Å². The molecule has 5 fully saturated rings. The first-order valence-electron chi connectivity index (χ1n) is 10.1. The van der Waals surface area contributed by atoms with E-state index in [1.165, 1.54) is 7.11 Å². The van der Waals surface area contributed by atoms with Gasteiger partial charge in [0, 0.05) is 11.3 Å². The zero-order valence-corrected chi connectivity index (χ0v) is 15.8. The third kappa shape index (κ3) is 2.03. The third-order valence-electron chi connectivity index (χ3n) is 9.06. The Morgan fingerprint density at radius 2 is 1.88 bits per heavy atom. The van der Waals surface area contributed by atoms with Gasteiger partial charge in [0.05, 0.1) is 19.1 Å². The number of fused-ring (bicyclic) bond motifs is 3. The average Bonchev–Trinajstić information content (AvgIpc) is 2.61. The topological polar surface area (TPSA) is 63.6 Å². The highest BCUT2D eigenvalue weighted by Crippen LogP contribution is 2.71. The van der Waals surface area contributed by atoms with E-state index >= 15 is 0 Å². The maximum Gasteiger partial charge on any atom is 0.311 e. The molecule has 4 heteroatoms. The molecule has 1 spiro atoms. The highest BCUT2D eigenvalue weighted by molar-refractivity contribution is 5.90. The monoisotopic (exact) mass is 348 g/mol. The molecule has 0 unspecified atom stereocenters. The lowest BCUT2D eigenvalue weighted by atomic mass is 9.36. The van der Waals surface area contributed by atoms with E-state index < -0.39 is 5.41 Å². The molecule has 5 rings (SSSR count). The van der Waals surface area contributed by atoms with Crippen LogP contribution in [-0.2, 0) is 14.3 Å². The second-order valence-electron chi connectivity index (χ2n) is 9.76. The third-order valence-corrected chi connectivity index (χ3v) is 9.06. The molecule has 4 nitrogen and oxygen atoms in total. The summed E-state index contributed by atoms with van der Waals surface area (Å²) in [6, 6.07) is 0. The predicted octanol–water partition coefficient (Wildman–Crippen LogP) is 3.36. The molecule has 0 aromatic heterocycles. The Hall–Kier alpha value is -0.900. The fourth-order valence-corrected chi connectivity index (χ4v) is 7.92. The molecule has 5 aliphatic carbocycles. The van der Waals surface area contributed by atoms with Gasteiger partial charge in [0.2, 0.25) is 0 Å². The van der Waals surface area contributed by atoms with Crippen molar-refractivity contribution in [1.29, 1.82) is 0 Å². The Balaban J connectivity index is 1.75. The van der Waals surface area contributed by atoms with Crippen molar-refractivity contribution in [2.24, 2.45) is 39.9 Å². The predicted molar refractivity (Wildman–Crippen MR) is 93.7 cm³/mol. The van der Waals surface area contributed by atoms with Gasteiger partial charge in [-0.15, -0.1) is 0 Å². The Labute approximate surface area is 150 Å². The number of hydrogen-bond donors (Lipinski definition) is 1. The van der Waals surface area contributed by atoms with E-state index in [4.69, 9.17) is 4.74 Å². The van der Waals surface area contributed by atoms with Gasteiger partial charge in [-0.3, -0.25) is 9.59 Å². The normalized spacial score (nSPS) is 51.6. The van der Waals surface area contributed by atoms with E-state index in [-0.39, 0.29) is 29.3 Å². The summed E-state index contributed by atoms with van der Waals surface area (Å²) >= 11 is 0. The first-order chi connectivity index (χ1) is 11.8. The number of rotatable bonds is 2. The quantitative estimate of drug-likeness (QED) is 0.777. The molecule has 2 bridgehead atoms. The fraction of sp³-hybridized carbons (Fsp3) is 0.905. The van der Waals surface area contributed by atoms with Crippen LogP contribution in [0.4, 0.5) is 0 Å². The first-order valence-corrected chi connectivity index (χ1v) is 10.1. The summed E-state index contributed by atoms with van der Waals surface area (Å²) in [7, 11) is 1.50. The van der Waals surface area contributed by atoms with E-state index in [9.17, 15) is 14.7 Å². The van der Waals surface area contributed by atoms with E-state index in [0.29, 0.717) is 23.5 Å². The number of methoxy groups -OCH3 is 1. The van der Waals surface area contributed by atoms with Gasteiger partial charge >= 0.3 is 5.97 Å². The average molecular weight is 348 g/mol. The van der Waals surface area contributed by atoms with Crippen LogP contribution in [0.1, 0.15) is 65.2 Å². The van der Waals surface area contributed by atoms with Crippen molar-refractivity contribution in [1.82, 2.24) is 0 Å². The molecule has 0 amide bonds. The van der Waals surface area contributed by atoms with Crippen molar-refractivity contribution in [3.8, 4) is 0 Å². The maximum atomic E-state index is 13.3. The molecular weight excluding hydrogens is 316 g/mol. The smallest absolute Gasteiger partial charge is 0.311 e. The molecule has 1 N–H and O–H groups in total. The van der Waals surface area contributed by atoms with Gasteiger partial charge in [-0.25, -0.2) is 0 Å². The number of ketones is 1. The van der Waals surface area contributed by atoms with E-state index in [1.807, 2.05) is 0 Å². The molecule has 0 saturated heterocycles. The Bertz CT molecular complexity index is 601. The van der Waals surface area contributed by atoms with Crippen LogP contribution in [0.3, 0.4) is 0 Å². The molecule has 25 heavy (non-hydrogen) atoms. The minimum absolute atomic E-state index is 0.0119. The summed E-state index contributed by atoms with van der Waals surface area (Å²) in [5.74, 6) is 1.15. The fourth-order valence-electron chi connectivity index (χ4n) is 7.92. The largest absolute Gasteiger partial charge is 0.469 e. The van der Waals surface area contributed by atoms with Gasteiger partial charge in [0.25, 0.3) is 0 Å². The van der Waals surface area contributed by atoms with Crippen molar-refractivity contribution in [3.05, 3.63) is 0 Å². The van der Waals surface area contributed by atoms with Gasteiger partial charge in [0.1, 0.15) is 5.78 Å². The van der Waals surface area contributed by atoms with Crippen LogP contribution in [0, 0.1) is 39.9 Å². The number of aliphatic hydroxyl groups is 1. The number of aliphatic hydroxyl groups excluding tert-OH is 1. The molecule has 0 radical (unpaired) electrons. The molecule has 0 heterocycles. The molecule has 0 aromatic carbocycles. The van der Waals surface area contributed by atoms with Crippen molar-refractivity contribution < 1.29 is 19.4 Å². The van der Waals surface area contributed by atoms with Crippen LogP contribution in [0.25, 0.3) is 0 Å². The summed E-state index contributed by atoms with van der Waals surface area (Å²) in [5.41, 5.74) is -0.616. The lowest BCUT2D eigenvalue weighted by molar-refractivity contribution is -0.205. The van der Waals surface area contributed by atoms with Crippen LogP contribution in [0.5, 0.6) is 0 Å².